The standard InChI is InChI=1S/C12H14F2N2O/c1-8(17-2)6-16-7-10-11(13)3-9(5-15)4-12(10)14/h3-4,8,16H,6-7H2,1-2H3. The van der Waals surface area contributed by atoms with E-state index in [2.05, 4.69) is 5.32 Å². The summed E-state index contributed by atoms with van der Waals surface area (Å²) in [6.45, 7) is 2.41. The molecule has 0 saturated heterocycles. The second kappa shape index (κ2) is 6.28. The van der Waals surface area contributed by atoms with Gasteiger partial charge in [-0.3, -0.25) is 0 Å². The highest BCUT2D eigenvalue weighted by Crippen LogP contribution is 2.14. The van der Waals surface area contributed by atoms with Gasteiger partial charge in [-0.05, 0) is 19.1 Å². The molecule has 1 aromatic carbocycles. The number of nitriles is 1. The molecule has 0 heterocycles. The third kappa shape index (κ3) is 3.77. The highest BCUT2D eigenvalue weighted by molar-refractivity contribution is 5.34. The molecular formula is C12H14F2N2O. The van der Waals surface area contributed by atoms with Gasteiger partial charge in [0.25, 0.3) is 0 Å². The maximum absolute atomic E-state index is 13.4. The Bertz CT molecular complexity index is 406. The van der Waals surface area contributed by atoms with Crippen LogP contribution in [0.5, 0.6) is 0 Å². The average Bonchev–Trinajstić information content (AvgIpc) is 2.31. The van der Waals surface area contributed by atoms with E-state index in [9.17, 15) is 8.78 Å². The van der Waals surface area contributed by atoms with Gasteiger partial charge in [0.2, 0.25) is 0 Å². The van der Waals surface area contributed by atoms with Crippen LogP contribution in [-0.2, 0) is 11.3 Å². The average molecular weight is 240 g/mol. The van der Waals surface area contributed by atoms with Crippen molar-refractivity contribution in [3.63, 3.8) is 0 Å². The molecule has 1 unspecified atom stereocenters. The molecule has 0 spiro atoms. The lowest BCUT2D eigenvalue weighted by molar-refractivity contribution is 0.117. The second-order valence-electron chi connectivity index (χ2n) is 3.71. The Morgan fingerprint density at radius 2 is 2.00 bits per heavy atom. The first-order chi connectivity index (χ1) is 8.08. The number of rotatable bonds is 5. The molecule has 5 heteroatoms. The van der Waals surface area contributed by atoms with Crippen molar-refractivity contribution in [1.29, 1.82) is 5.26 Å². The van der Waals surface area contributed by atoms with Crippen LogP contribution in [0.15, 0.2) is 12.1 Å². The molecule has 1 atom stereocenters. The molecule has 92 valence electrons. The zero-order valence-corrected chi connectivity index (χ0v) is 9.76. The van der Waals surface area contributed by atoms with Crippen LogP contribution in [0.2, 0.25) is 0 Å². The quantitative estimate of drug-likeness (QED) is 0.855. The van der Waals surface area contributed by atoms with E-state index in [1.807, 2.05) is 6.92 Å². The second-order valence-corrected chi connectivity index (χ2v) is 3.71. The van der Waals surface area contributed by atoms with Gasteiger partial charge in [0.05, 0.1) is 17.7 Å². The minimum Gasteiger partial charge on any atom is -0.380 e. The minimum atomic E-state index is -0.709. The molecule has 0 saturated carbocycles. The monoisotopic (exact) mass is 240 g/mol. The van der Waals surface area contributed by atoms with Gasteiger partial charge in [-0.2, -0.15) is 5.26 Å². The number of ether oxygens (including phenoxy) is 1. The van der Waals surface area contributed by atoms with Gasteiger partial charge in [0.15, 0.2) is 0 Å². The lowest BCUT2D eigenvalue weighted by atomic mass is 10.1. The third-order valence-corrected chi connectivity index (χ3v) is 2.41. The van der Waals surface area contributed by atoms with E-state index in [0.29, 0.717) is 6.54 Å². The highest BCUT2D eigenvalue weighted by Gasteiger charge is 2.11. The zero-order chi connectivity index (χ0) is 12.8. The molecule has 1 N–H and O–H groups in total. The van der Waals surface area contributed by atoms with E-state index in [1.165, 1.54) is 0 Å². The molecule has 0 bridgehead atoms. The maximum Gasteiger partial charge on any atom is 0.131 e. The summed E-state index contributed by atoms with van der Waals surface area (Å²) in [6.07, 6.45) is -0.0282. The van der Waals surface area contributed by atoms with Crippen molar-refractivity contribution in [2.24, 2.45) is 0 Å². The number of halogens is 2. The van der Waals surface area contributed by atoms with E-state index in [0.717, 1.165) is 12.1 Å². The molecule has 0 aliphatic rings. The number of hydrogen-bond acceptors (Lipinski definition) is 3. The van der Waals surface area contributed by atoms with Crippen LogP contribution in [0.3, 0.4) is 0 Å². The molecule has 0 radical (unpaired) electrons. The Kier molecular flexibility index (Phi) is 5.01. The Morgan fingerprint density at radius 3 is 2.47 bits per heavy atom. The van der Waals surface area contributed by atoms with E-state index >= 15 is 0 Å². The smallest absolute Gasteiger partial charge is 0.131 e. The summed E-state index contributed by atoms with van der Waals surface area (Å²) < 4.78 is 31.9. The SMILES string of the molecule is COC(C)CNCc1c(F)cc(C#N)cc1F. The van der Waals surface area contributed by atoms with Crippen molar-refractivity contribution in [2.45, 2.75) is 19.6 Å². The van der Waals surface area contributed by atoms with Crippen LogP contribution in [-0.4, -0.2) is 19.8 Å². The third-order valence-electron chi connectivity index (χ3n) is 2.41. The molecule has 0 fully saturated rings. The number of nitrogens with zero attached hydrogens (tertiary/aromatic N) is 1. The normalized spacial score (nSPS) is 12.2. The lowest BCUT2D eigenvalue weighted by Gasteiger charge is -2.11. The molecule has 0 aliphatic carbocycles. The van der Waals surface area contributed by atoms with Gasteiger partial charge >= 0.3 is 0 Å². The largest absolute Gasteiger partial charge is 0.380 e. The predicted molar refractivity (Wildman–Crippen MR) is 59.3 cm³/mol. The van der Waals surface area contributed by atoms with Crippen molar-refractivity contribution in [3.05, 3.63) is 34.9 Å². The number of hydrogen-bond donors (Lipinski definition) is 1. The number of nitrogens with one attached hydrogen (secondary N) is 1. The fourth-order valence-electron chi connectivity index (χ4n) is 1.32. The van der Waals surface area contributed by atoms with Gasteiger partial charge in [-0.25, -0.2) is 8.78 Å². The molecule has 0 aromatic heterocycles. The first-order valence-electron chi connectivity index (χ1n) is 5.20. The summed E-state index contributed by atoms with van der Waals surface area (Å²) in [5.74, 6) is -1.42. The molecular weight excluding hydrogens is 226 g/mol. The van der Waals surface area contributed by atoms with Crippen LogP contribution in [0.1, 0.15) is 18.1 Å². The molecule has 0 amide bonds. The molecule has 0 aliphatic heterocycles. The van der Waals surface area contributed by atoms with Crippen molar-refractivity contribution in [1.82, 2.24) is 5.32 Å². The highest BCUT2D eigenvalue weighted by atomic mass is 19.1. The van der Waals surface area contributed by atoms with Gasteiger partial charge in [-0.15, -0.1) is 0 Å². The van der Waals surface area contributed by atoms with Gasteiger partial charge in [0.1, 0.15) is 11.6 Å². The molecule has 1 rings (SSSR count). The number of benzene rings is 1. The van der Waals surface area contributed by atoms with Gasteiger partial charge in [-0.1, -0.05) is 0 Å². The summed E-state index contributed by atoms with van der Waals surface area (Å²) in [5.41, 5.74) is -0.0821. The minimum absolute atomic E-state index is 0.0194. The van der Waals surface area contributed by atoms with Crippen LogP contribution < -0.4 is 5.32 Å². The summed E-state index contributed by atoms with van der Waals surface area (Å²) in [7, 11) is 1.56. The van der Waals surface area contributed by atoms with Crippen molar-refractivity contribution >= 4 is 0 Å². The number of methoxy groups -OCH3 is 1. The first-order valence-corrected chi connectivity index (χ1v) is 5.20. The van der Waals surface area contributed by atoms with E-state index in [-0.39, 0.29) is 23.8 Å². The molecule has 17 heavy (non-hydrogen) atoms. The summed E-state index contributed by atoms with van der Waals surface area (Å²) in [5, 5.41) is 11.4. The Balaban J connectivity index is 2.69. The van der Waals surface area contributed by atoms with E-state index in [4.69, 9.17) is 10.00 Å². The van der Waals surface area contributed by atoms with Crippen LogP contribution in [0.4, 0.5) is 8.78 Å². The molecule has 3 nitrogen and oxygen atoms in total. The van der Waals surface area contributed by atoms with E-state index in [1.54, 1.807) is 13.2 Å². The Labute approximate surface area is 99.0 Å². The van der Waals surface area contributed by atoms with Crippen LogP contribution in [0, 0.1) is 23.0 Å². The van der Waals surface area contributed by atoms with Gasteiger partial charge in [0, 0.05) is 25.8 Å². The Hall–Kier alpha value is -1.51. The van der Waals surface area contributed by atoms with Crippen molar-refractivity contribution < 1.29 is 13.5 Å². The van der Waals surface area contributed by atoms with Gasteiger partial charge < -0.3 is 10.1 Å². The maximum atomic E-state index is 13.4. The van der Waals surface area contributed by atoms with E-state index < -0.39 is 11.6 Å². The predicted octanol–water partition coefficient (Wildman–Crippen LogP) is 1.96. The fraction of sp³-hybridized carbons (Fsp3) is 0.417. The zero-order valence-electron chi connectivity index (χ0n) is 9.76. The topological polar surface area (TPSA) is 45.0 Å². The fourth-order valence-corrected chi connectivity index (χ4v) is 1.32. The van der Waals surface area contributed by atoms with Crippen LogP contribution >= 0.6 is 0 Å². The first kappa shape index (κ1) is 13.6. The Morgan fingerprint density at radius 1 is 1.41 bits per heavy atom. The molecule has 1 aromatic rings. The lowest BCUT2D eigenvalue weighted by Crippen LogP contribution is -2.26. The summed E-state index contributed by atoms with van der Waals surface area (Å²) in [4.78, 5) is 0. The summed E-state index contributed by atoms with van der Waals surface area (Å²) >= 11 is 0. The summed E-state index contributed by atoms with van der Waals surface area (Å²) in [6, 6.07) is 3.75. The van der Waals surface area contributed by atoms with Crippen molar-refractivity contribution in [2.75, 3.05) is 13.7 Å². The van der Waals surface area contributed by atoms with Crippen molar-refractivity contribution in [3.8, 4) is 6.07 Å². The van der Waals surface area contributed by atoms with Crippen LogP contribution in [0.25, 0.3) is 0 Å².